The molecule has 1 amide bonds. The van der Waals surface area contributed by atoms with Crippen LogP contribution in [0.25, 0.3) is 0 Å². The fourth-order valence-electron chi connectivity index (χ4n) is 2.01. The summed E-state index contributed by atoms with van der Waals surface area (Å²) in [5, 5.41) is 14.9. The van der Waals surface area contributed by atoms with Crippen molar-refractivity contribution in [1.82, 2.24) is 5.32 Å². The molecular formula is C10H14N2O4. The molecule has 0 aromatic carbocycles. The van der Waals surface area contributed by atoms with Crippen LogP contribution < -0.4 is 5.32 Å². The predicted molar refractivity (Wildman–Crippen MR) is 55.0 cm³/mol. The molecule has 6 heteroatoms. The van der Waals surface area contributed by atoms with Gasteiger partial charge in [-0.05, 0) is 12.8 Å². The van der Waals surface area contributed by atoms with Crippen molar-refractivity contribution < 1.29 is 19.5 Å². The zero-order valence-electron chi connectivity index (χ0n) is 8.81. The Labute approximate surface area is 92.6 Å². The van der Waals surface area contributed by atoms with Crippen LogP contribution in [0.3, 0.4) is 0 Å². The Morgan fingerprint density at radius 2 is 2.06 bits per heavy atom. The first kappa shape index (κ1) is 10.9. The molecule has 6 nitrogen and oxygen atoms in total. The summed E-state index contributed by atoms with van der Waals surface area (Å²) in [5.74, 6) is -1.39. The van der Waals surface area contributed by atoms with Crippen LogP contribution in [0, 0.1) is 0 Å². The minimum atomic E-state index is -1.13. The summed E-state index contributed by atoms with van der Waals surface area (Å²) < 4.78 is 0. The minimum absolute atomic E-state index is 0.0495. The number of aliphatic carboxylic acids is 1. The van der Waals surface area contributed by atoms with Gasteiger partial charge >= 0.3 is 5.97 Å². The molecule has 1 fully saturated rings. The Bertz CT molecular complexity index is 334. The summed E-state index contributed by atoms with van der Waals surface area (Å²) in [6.07, 6.45) is 3.52. The molecular weight excluding hydrogens is 212 g/mol. The quantitative estimate of drug-likeness (QED) is 0.723. The smallest absolute Gasteiger partial charge is 0.353 e. The molecule has 1 heterocycles. The van der Waals surface area contributed by atoms with E-state index in [9.17, 15) is 9.59 Å². The van der Waals surface area contributed by atoms with Crippen LogP contribution in [0.5, 0.6) is 0 Å². The second-order valence-corrected chi connectivity index (χ2v) is 4.13. The lowest BCUT2D eigenvalue weighted by Crippen LogP contribution is -2.40. The Morgan fingerprint density at radius 3 is 2.62 bits per heavy atom. The van der Waals surface area contributed by atoms with Crippen molar-refractivity contribution in [3.05, 3.63) is 0 Å². The standard InChI is InChI=1S/C10H14N2O4/c13-9(11-6-3-1-2-4-6)8-5-7(10(14)15)12-16-8/h6,8H,1-5H2,(H,11,13)(H,14,15). The number of hydrogen-bond acceptors (Lipinski definition) is 4. The van der Waals surface area contributed by atoms with Crippen LogP contribution in [0.1, 0.15) is 32.1 Å². The van der Waals surface area contributed by atoms with Crippen LogP contribution in [-0.4, -0.2) is 34.8 Å². The lowest BCUT2D eigenvalue weighted by molar-refractivity contribution is -0.132. The SMILES string of the molecule is O=C(O)C1=NOC(C(=O)NC2CCCC2)C1. The van der Waals surface area contributed by atoms with Crippen molar-refractivity contribution >= 4 is 17.6 Å². The third-order valence-corrected chi connectivity index (χ3v) is 2.91. The summed E-state index contributed by atoms with van der Waals surface area (Å²) in [4.78, 5) is 27.0. The third kappa shape index (κ3) is 2.32. The lowest BCUT2D eigenvalue weighted by Gasteiger charge is -2.14. The molecule has 0 saturated heterocycles. The maximum atomic E-state index is 11.7. The van der Waals surface area contributed by atoms with Gasteiger partial charge in [0.05, 0.1) is 0 Å². The van der Waals surface area contributed by atoms with E-state index < -0.39 is 12.1 Å². The van der Waals surface area contributed by atoms with Crippen molar-refractivity contribution in [3.63, 3.8) is 0 Å². The van der Waals surface area contributed by atoms with Crippen LogP contribution in [0.2, 0.25) is 0 Å². The Morgan fingerprint density at radius 1 is 1.38 bits per heavy atom. The highest BCUT2D eigenvalue weighted by atomic mass is 16.6. The first-order valence-electron chi connectivity index (χ1n) is 5.43. The number of carbonyl (C=O) groups is 2. The number of nitrogens with one attached hydrogen (secondary N) is 1. The number of hydrogen-bond donors (Lipinski definition) is 2. The zero-order valence-corrected chi connectivity index (χ0v) is 8.81. The van der Waals surface area contributed by atoms with E-state index in [1.54, 1.807) is 0 Å². The van der Waals surface area contributed by atoms with Crippen LogP contribution >= 0.6 is 0 Å². The van der Waals surface area contributed by atoms with Crippen molar-refractivity contribution in [2.45, 2.75) is 44.2 Å². The average Bonchev–Trinajstić information content (AvgIpc) is 2.86. The number of carboxylic acid groups (broad SMARTS) is 1. The van der Waals surface area contributed by atoms with E-state index in [1.165, 1.54) is 0 Å². The number of carbonyl (C=O) groups excluding carboxylic acids is 1. The van der Waals surface area contributed by atoms with E-state index in [2.05, 4.69) is 10.5 Å². The van der Waals surface area contributed by atoms with Crippen LogP contribution in [0.15, 0.2) is 5.16 Å². The second kappa shape index (κ2) is 4.51. The van der Waals surface area contributed by atoms with Gasteiger partial charge in [0.25, 0.3) is 5.91 Å². The van der Waals surface area contributed by atoms with Gasteiger partial charge in [-0.25, -0.2) is 4.79 Å². The molecule has 2 aliphatic rings. The zero-order chi connectivity index (χ0) is 11.5. The molecule has 0 aromatic heterocycles. The maximum absolute atomic E-state index is 11.7. The molecule has 88 valence electrons. The van der Waals surface area contributed by atoms with E-state index in [0.29, 0.717) is 0 Å². The van der Waals surface area contributed by atoms with Crippen molar-refractivity contribution in [2.24, 2.45) is 5.16 Å². The van der Waals surface area contributed by atoms with Gasteiger partial charge in [0.15, 0.2) is 5.71 Å². The average molecular weight is 226 g/mol. The van der Waals surface area contributed by atoms with Gasteiger partial charge in [-0.2, -0.15) is 0 Å². The Balaban J connectivity index is 1.81. The minimum Gasteiger partial charge on any atom is -0.477 e. The Hall–Kier alpha value is -1.59. The number of oxime groups is 1. The number of carboxylic acids is 1. The molecule has 2 rings (SSSR count). The molecule has 2 N–H and O–H groups in total. The predicted octanol–water partition coefficient (Wildman–Crippen LogP) is 0.275. The fourth-order valence-corrected chi connectivity index (χ4v) is 2.01. The summed E-state index contributed by atoms with van der Waals surface area (Å²) in [6, 6.07) is 0.213. The highest BCUT2D eigenvalue weighted by molar-refractivity contribution is 6.36. The highest BCUT2D eigenvalue weighted by Gasteiger charge is 2.32. The van der Waals surface area contributed by atoms with E-state index in [0.717, 1.165) is 25.7 Å². The van der Waals surface area contributed by atoms with Gasteiger partial charge in [-0.15, -0.1) is 0 Å². The van der Waals surface area contributed by atoms with Gasteiger partial charge in [0, 0.05) is 12.5 Å². The monoisotopic (exact) mass is 226 g/mol. The molecule has 0 bridgehead atoms. The molecule has 1 aliphatic carbocycles. The third-order valence-electron chi connectivity index (χ3n) is 2.91. The summed E-state index contributed by atoms with van der Waals surface area (Å²) in [6.45, 7) is 0. The molecule has 0 aromatic rings. The second-order valence-electron chi connectivity index (χ2n) is 4.13. The van der Waals surface area contributed by atoms with Crippen LogP contribution in [0.4, 0.5) is 0 Å². The van der Waals surface area contributed by atoms with E-state index >= 15 is 0 Å². The molecule has 1 unspecified atom stereocenters. The molecule has 1 saturated carbocycles. The Kier molecular flexibility index (Phi) is 3.07. The fraction of sp³-hybridized carbons (Fsp3) is 0.700. The van der Waals surface area contributed by atoms with Gasteiger partial charge in [0.1, 0.15) is 0 Å². The van der Waals surface area contributed by atoms with E-state index in [1.807, 2.05) is 0 Å². The van der Waals surface area contributed by atoms with Crippen molar-refractivity contribution in [2.75, 3.05) is 0 Å². The van der Waals surface area contributed by atoms with Gasteiger partial charge in [-0.3, -0.25) is 4.79 Å². The van der Waals surface area contributed by atoms with E-state index in [-0.39, 0.29) is 24.1 Å². The molecule has 0 radical (unpaired) electrons. The summed E-state index contributed by atoms with van der Waals surface area (Å²) in [5.41, 5.74) is -0.0911. The summed E-state index contributed by atoms with van der Waals surface area (Å²) in [7, 11) is 0. The van der Waals surface area contributed by atoms with Gasteiger partial charge in [0.2, 0.25) is 6.10 Å². The first-order valence-corrected chi connectivity index (χ1v) is 5.43. The molecule has 0 spiro atoms. The molecule has 1 aliphatic heterocycles. The summed E-state index contributed by atoms with van der Waals surface area (Å²) >= 11 is 0. The van der Waals surface area contributed by atoms with E-state index in [4.69, 9.17) is 9.94 Å². The normalized spacial score (nSPS) is 25.0. The topological polar surface area (TPSA) is 88.0 Å². The first-order chi connectivity index (χ1) is 7.66. The maximum Gasteiger partial charge on any atom is 0.353 e. The number of rotatable bonds is 3. The van der Waals surface area contributed by atoms with Crippen LogP contribution in [-0.2, 0) is 14.4 Å². The molecule has 16 heavy (non-hydrogen) atoms. The lowest BCUT2D eigenvalue weighted by atomic mass is 10.1. The number of nitrogens with zero attached hydrogens (tertiary/aromatic N) is 1. The highest BCUT2D eigenvalue weighted by Crippen LogP contribution is 2.19. The van der Waals surface area contributed by atoms with Gasteiger partial charge < -0.3 is 15.3 Å². The molecule has 1 atom stereocenters. The van der Waals surface area contributed by atoms with Crippen molar-refractivity contribution in [1.29, 1.82) is 0 Å². The van der Waals surface area contributed by atoms with Gasteiger partial charge in [-0.1, -0.05) is 18.0 Å². The number of amides is 1. The van der Waals surface area contributed by atoms with Crippen molar-refractivity contribution in [3.8, 4) is 0 Å². The largest absolute Gasteiger partial charge is 0.477 e.